The predicted molar refractivity (Wildman–Crippen MR) is 142 cm³/mol. The number of aromatic amines is 1. The average molecular weight is 482 g/mol. The fraction of sp³-hybridized carbons (Fsp3) is 0.276. The molecule has 2 aromatic carbocycles. The summed E-state index contributed by atoms with van der Waals surface area (Å²) in [5.74, 6) is -0.0700. The SMILES string of the molecule is Cc1c[nH]c2cc(C(=O)N[C@@H](C(=O)NCC3CCN(c4ccncc4)CC3)c3ccccc3)ccc12. The maximum absolute atomic E-state index is 13.3. The summed E-state index contributed by atoms with van der Waals surface area (Å²) in [6.45, 7) is 4.52. The molecule has 2 amide bonds. The lowest BCUT2D eigenvalue weighted by molar-refractivity contribution is -0.123. The lowest BCUT2D eigenvalue weighted by Crippen LogP contribution is -2.43. The van der Waals surface area contributed by atoms with Crippen molar-refractivity contribution in [3.05, 3.63) is 95.9 Å². The van der Waals surface area contributed by atoms with E-state index in [0.29, 0.717) is 18.0 Å². The van der Waals surface area contributed by atoms with E-state index in [-0.39, 0.29) is 11.8 Å². The highest BCUT2D eigenvalue weighted by atomic mass is 16.2. The lowest BCUT2D eigenvalue weighted by atomic mass is 9.96. The Morgan fingerprint density at radius 1 is 1.06 bits per heavy atom. The smallest absolute Gasteiger partial charge is 0.252 e. The summed E-state index contributed by atoms with van der Waals surface area (Å²) in [5, 5.41) is 7.15. The minimum Gasteiger partial charge on any atom is -0.371 e. The third kappa shape index (κ3) is 5.25. The first kappa shape index (κ1) is 23.6. The van der Waals surface area contributed by atoms with E-state index in [4.69, 9.17) is 0 Å². The fourth-order valence-electron chi connectivity index (χ4n) is 4.87. The highest BCUT2D eigenvalue weighted by Crippen LogP contribution is 2.23. The van der Waals surface area contributed by atoms with Crippen molar-refractivity contribution >= 4 is 28.4 Å². The summed E-state index contributed by atoms with van der Waals surface area (Å²) in [5.41, 5.74) is 4.49. The van der Waals surface area contributed by atoms with Crippen LogP contribution < -0.4 is 15.5 Å². The van der Waals surface area contributed by atoms with Gasteiger partial charge in [0.05, 0.1) is 0 Å². The second kappa shape index (κ2) is 10.6. The van der Waals surface area contributed by atoms with Crippen molar-refractivity contribution in [2.45, 2.75) is 25.8 Å². The molecule has 7 nitrogen and oxygen atoms in total. The van der Waals surface area contributed by atoms with Crippen LogP contribution in [0.3, 0.4) is 0 Å². The molecular weight excluding hydrogens is 450 g/mol. The minimum atomic E-state index is -0.767. The zero-order valence-electron chi connectivity index (χ0n) is 20.4. The first-order valence-corrected chi connectivity index (χ1v) is 12.4. The second-order valence-corrected chi connectivity index (χ2v) is 9.43. The maximum Gasteiger partial charge on any atom is 0.252 e. The van der Waals surface area contributed by atoms with E-state index in [9.17, 15) is 9.59 Å². The van der Waals surface area contributed by atoms with Gasteiger partial charge >= 0.3 is 0 Å². The van der Waals surface area contributed by atoms with Crippen LogP contribution in [0.5, 0.6) is 0 Å². The maximum atomic E-state index is 13.3. The van der Waals surface area contributed by atoms with Crippen molar-refractivity contribution in [3.8, 4) is 0 Å². The zero-order chi connectivity index (χ0) is 24.9. The van der Waals surface area contributed by atoms with Crippen molar-refractivity contribution < 1.29 is 9.59 Å². The van der Waals surface area contributed by atoms with Crippen LogP contribution in [0.2, 0.25) is 0 Å². The molecule has 0 unspecified atom stereocenters. The molecule has 7 heteroatoms. The number of aromatic nitrogens is 2. The number of carbonyl (C=O) groups is 2. The van der Waals surface area contributed by atoms with Crippen LogP contribution in [0.15, 0.2) is 79.3 Å². The molecule has 1 atom stereocenters. The van der Waals surface area contributed by atoms with E-state index in [2.05, 4.69) is 25.5 Å². The molecule has 0 aliphatic carbocycles. The van der Waals surface area contributed by atoms with Gasteiger partial charge in [0.25, 0.3) is 5.91 Å². The number of carbonyl (C=O) groups excluding carboxylic acids is 2. The largest absolute Gasteiger partial charge is 0.371 e. The first-order chi connectivity index (χ1) is 17.6. The van der Waals surface area contributed by atoms with E-state index in [0.717, 1.165) is 48.0 Å². The molecule has 1 saturated heterocycles. The monoisotopic (exact) mass is 481 g/mol. The Labute approximate surface area is 210 Å². The molecule has 1 aliphatic heterocycles. The highest BCUT2D eigenvalue weighted by molar-refractivity contribution is 6.00. The van der Waals surface area contributed by atoms with Gasteiger partial charge in [-0.3, -0.25) is 14.6 Å². The van der Waals surface area contributed by atoms with Gasteiger partial charge < -0.3 is 20.5 Å². The van der Waals surface area contributed by atoms with Gasteiger partial charge in [0.1, 0.15) is 6.04 Å². The second-order valence-electron chi connectivity index (χ2n) is 9.43. The molecule has 4 aromatic rings. The number of hydrogen-bond donors (Lipinski definition) is 3. The van der Waals surface area contributed by atoms with E-state index >= 15 is 0 Å². The van der Waals surface area contributed by atoms with E-state index in [1.54, 1.807) is 6.07 Å². The summed E-state index contributed by atoms with van der Waals surface area (Å²) in [6, 6.07) is 18.3. The summed E-state index contributed by atoms with van der Waals surface area (Å²) in [6.07, 6.45) is 7.56. The molecule has 0 bridgehead atoms. The standard InChI is InChI=1S/C29H31N5O2/c1-20-18-31-26-17-23(7-8-25(20)26)28(35)33-27(22-5-3-2-4-6-22)29(36)32-19-21-11-15-34(16-12-21)24-9-13-30-14-10-24/h2-10,13-14,17-18,21,27,31H,11-12,15-16,19H2,1H3,(H,32,36)(H,33,35)/t27-/m1/s1. The summed E-state index contributed by atoms with van der Waals surface area (Å²) in [4.78, 5) is 36.1. The molecule has 36 heavy (non-hydrogen) atoms. The van der Waals surface area contributed by atoms with Crippen LogP contribution in [-0.2, 0) is 4.79 Å². The van der Waals surface area contributed by atoms with Crippen LogP contribution >= 0.6 is 0 Å². The number of benzene rings is 2. The predicted octanol–water partition coefficient (Wildman–Crippen LogP) is 4.38. The van der Waals surface area contributed by atoms with Crippen molar-refractivity contribution in [2.75, 3.05) is 24.5 Å². The lowest BCUT2D eigenvalue weighted by Gasteiger charge is -2.33. The van der Waals surface area contributed by atoms with Gasteiger partial charge in [-0.1, -0.05) is 36.4 Å². The number of pyridine rings is 1. The number of nitrogens with zero attached hydrogens (tertiary/aromatic N) is 2. The van der Waals surface area contributed by atoms with Crippen LogP contribution in [0.25, 0.3) is 10.9 Å². The Kier molecular flexibility index (Phi) is 6.98. The number of piperidine rings is 1. The summed E-state index contributed by atoms with van der Waals surface area (Å²) < 4.78 is 0. The van der Waals surface area contributed by atoms with Gasteiger partial charge in [-0.25, -0.2) is 0 Å². The molecule has 0 spiro atoms. The number of amides is 2. The van der Waals surface area contributed by atoms with Crippen LogP contribution in [0.1, 0.15) is 40.4 Å². The first-order valence-electron chi connectivity index (χ1n) is 12.4. The molecule has 2 aromatic heterocycles. The number of anilines is 1. The number of nitrogens with one attached hydrogen (secondary N) is 3. The minimum absolute atomic E-state index is 0.192. The van der Waals surface area contributed by atoms with Crippen molar-refractivity contribution in [3.63, 3.8) is 0 Å². The third-order valence-electron chi connectivity index (χ3n) is 7.03. The molecular formula is C29H31N5O2. The average Bonchev–Trinajstić information content (AvgIpc) is 3.31. The summed E-state index contributed by atoms with van der Waals surface area (Å²) in [7, 11) is 0. The number of hydrogen-bond acceptors (Lipinski definition) is 4. The Bertz CT molecular complexity index is 1330. The quantitative estimate of drug-likeness (QED) is 0.366. The Hall–Kier alpha value is -4.13. The van der Waals surface area contributed by atoms with Gasteiger partial charge in [-0.05, 0) is 61.1 Å². The van der Waals surface area contributed by atoms with Gasteiger partial charge in [0.2, 0.25) is 5.91 Å². The van der Waals surface area contributed by atoms with Gasteiger partial charge in [0.15, 0.2) is 0 Å². The molecule has 5 rings (SSSR count). The molecule has 184 valence electrons. The van der Waals surface area contributed by atoms with Crippen molar-refractivity contribution in [2.24, 2.45) is 5.92 Å². The normalized spacial score (nSPS) is 15.0. The number of rotatable bonds is 7. The van der Waals surface area contributed by atoms with Crippen LogP contribution in [0, 0.1) is 12.8 Å². The van der Waals surface area contributed by atoms with Crippen molar-refractivity contribution in [1.82, 2.24) is 20.6 Å². The van der Waals surface area contributed by atoms with E-state index < -0.39 is 6.04 Å². The van der Waals surface area contributed by atoms with Gasteiger partial charge in [0, 0.05) is 60.4 Å². The van der Waals surface area contributed by atoms with Gasteiger partial charge in [-0.15, -0.1) is 0 Å². The number of fused-ring (bicyclic) bond motifs is 1. The van der Waals surface area contributed by atoms with Crippen LogP contribution in [0.4, 0.5) is 5.69 Å². The number of aryl methyl sites for hydroxylation is 1. The molecule has 3 N–H and O–H groups in total. The highest BCUT2D eigenvalue weighted by Gasteiger charge is 2.25. The number of H-pyrrole nitrogens is 1. The molecule has 0 radical (unpaired) electrons. The van der Waals surface area contributed by atoms with E-state index in [1.807, 2.05) is 80.1 Å². The Balaban J connectivity index is 1.23. The van der Waals surface area contributed by atoms with Crippen molar-refractivity contribution in [1.29, 1.82) is 0 Å². The van der Waals surface area contributed by atoms with Gasteiger partial charge in [-0.2, -0.15) is 0 Å². The topological polar surface area (TPSA) is 90.1 Å². The molecule has 0 saturated carbocycles. The van der Waals surface area contributed by atoms with E-state index in [1.165, 1.54) is 5.69 Å². The Morgan fingerprint density at radius 3 is 2.56 bits per heavy atom. The third-order valence-corrected chi connectivity index (χ3v) is 7.03. The molecule has 3 heterocycles. The van der Waals surface area contributed by atoms with Crippen LogP contribution in [-0.4, -0.2) is 41.4 Å². The Morgan fingerprint density at radius 2 is 1.81 bits per heavy atom. The fourth-order valence-corrected chi connectivity index (χ4v) is 4.87. The zero-order valence-corrected chi connectivity index (χ0v) is 20.4. The molecule has 1 aliphatic rings. The summed E-state index contributed by atoms with van der Waals surface area (Å²) >= 11 is 0. The molecule has 1 fully saturated rings.